The van der Waals surface area contributed by atoms with E-state index in [0.717, 1.165) is 18.8 Å². The largest absolute Gasteiger partial charge is 0.450 e. The van der Waals surface area contributed by atoms with Crippen molar-refractivity contribution in [3.05, 3.63) is 46.8 Å². The summed E-state index contributed by atoms with van der Waals surface area (Å²) in [4.78, 5) is 39.8. The van der Waals surface area contributed by atoms with Gasteiger partial charge in [0.1, 0.15) is 6.33 Å². The molecule has 1 aromatic carbocycles. The zero-order valence-electron chi connectivity index (χ0n) is 18.1. The lowest BCUT2D eigenvalue weighted by molar-refractivity contribution is -0.383. The van der Waals surface area contributed by atoms with Gasteiger partial charge in [-0.25, -0.2) is 14.8 Å². The number of hydrogen-bond donors (Lipinski definition) is 0. The first kappa shape index (κ1) is 21.6. The quantitative estimate of drug-likeness (QED) is 0.508. The number of para-hydroxylation sites is 1. The lowest BCUT2D eigenvalue weighted by atomic mass is 10.2. The van der Waals surface area contributed by atoms with Crippen LogP contribution in [0.15, 0.2) is 36.7 Å². The summed E-state index contributed by atoms with van der Waals surface area (Å²) in [5, 5.41) is 12.0. The highest BCUT2D eigenvalue weighted by molar-refractivity contribution is 5.72. The van der Waals surface area contributed by atoms with Crippen LogP contribution in [-0.4, -0.2) is 84.8 Å². The third-order valence-electron chi connectivity index (χ3n) is 5.77. The molecule has 2 aromatic rings. The van der Waals surface area contributed by atoms with E-state index in [2.05, 4.69) is 27.0 Å². The normalized spacial score (nSPS) is 16.8. The number of carbonyl (C=O) groups is 1. The highest BCUT2D eigenvalue weighted by Gasteiger charge is 2.33. The molecule has 2 saturated heterocycles. The van der Waals surface area contributed by atoms with Crippen LogP contribution >= 0.6 is 0 Å². The standard InChI is InChI=1S/C21H27N7O4/c1-2-32-21(29)27-14-12-26(13-15-27)20-18(28(30)31)19(22-16-23-20)25-10-8-24(9-11-25)17-6-4-3-5-7-17/h3-7,16H,2,8-15H2,1H3. The molecular formula is C21H27N7O4. The molecule has 0 N–H and O–H groups in total. The van der Waals surface area contributed by atoms with Crippen molar-refractivity contribution in [3.8, 4) is 0 Å². The molecule has 2 aliphatic heterocycles. The van der Waals surface area contributed by atoms with E-state index < -0.39 is 4.92 Å². The molecule has 4 rings (SSSR count). The Morgan fingerprint density at radius 1 is 0.938 bits per heavy atom. The molecule has 0 unspecified atom stereocenters. The molecule has 170 valence electrons. The number of nitrogens with zero attached hydrogens (tertiary/aromatic N) is 7. The van der Waals surface area contributed by atoms with Gasteiger partial charge in [-0.1, -0.05) is 18.2 Å². The SMILES string of the molecule is CCOC(=O)N1CCN(c2ncnc(N3CCN(c4ccccc4)CC3)c2[N+](=O)[O-])CC1. The van der Waals surface area contributed by atoms with Crippen molar-refractivity contribution in [2.75, 3.05) is 73.7 Å². The van der Waals surface area contributed by atoms with E-state index in [1.807, 2.05) is 28.0 Å². The topological polar surface area (TPSA) is 108 Å². The molecule has 0 saturated carbocycles. The van der Waals surface area contributed by atoms with E-state index in [9.17, 15) is 14.9 Å². The summed E-state index contributed by atoms with van der Waals surface area (Å²) >= 11 is 0. The number of piperazine rings is 2. The highest BCUT2D eigenvalue weighted by Crippen LogP contribution is 2.35. The van der Waals surface area contributed by atoms with Crippen molar-refractivity contribution in [1.82, 2.24) is 14.9 Å². The molecule has 0 atom stereocenters. The van der Waals surface area contributed by atoms with Crippen molar-refractivity contribution in [1.29, 1.82) is 0 Å². The van der Waals surface area contributed by atoms with Crippen molar-refractivity contribution < 1.29 is 14.5 Å². The number of benzene rings is 1. The van der Waals surface area contributed by atoms with Crippen LogP contribution in [0.4, 0.5) is 27.8 Å². The molecule has 0 radical (unpaired) electrons. The molecule has 2 aliphatic rings. The molecule has 0 aliphatic carbocycles. The van der Waals surface area contributed by atoms with Gasteiger partial charge in [0.05, 0.1) is 11.5 Å². The Labute approximate surface area is 186 Å². The fourth-order valence-electron chi connectivity index (χ4n) is 4.12. The van der Waals surface area contributed by atoms with Gasteiger partial charge in [-0.3, -0.25) is 10.1 Å². The molecule has 0 spiro atoms. The van der Waals surface area contributed by atoms with Crippen LogP contribution in [0.2, 0.25) is 0 Å². The van der Waals surface area contributed by atoms with Gasteiger partial charge >= 0.3 is 11.8 Å². The van der Waals surface area contributed by atoms with Crippen molar-refractivity contribution in [3.63, 3.8) is 0 Å². The van der Waals surface area contributed by atoms with Crippen LogP contribution in [0.3, 0.4) is 0 Å². The summed E-state index contributed by atoms with van der Waals surface area (Å²) in [7, 11) is 0. The zero-order valence-corrected chi connectivity index (χ0v) is 18.1. The monoisotopic (exact) mass is 441 g/mol. The van der Waals surface area contributed by atoms with Crippen molar-refractivity contribution in [2.45, 2.75) is 6.92 Å². The third-order valence-corrected chi connectivity index (χ3v) is 5.77. The number of aromatic nitrogens is 2. The molecule has 1 aromatic heterocycles. The maximum Gasteiger partial charge on any atom is 0.409 e. The van der Waals surface area contributed by atoms with Crippen LogP contribution in [0.25, 0.3) is 0 Å². The Bertz CT molecular complexity index is 942. The van der Waals surface area contributed by atoms with Crippen LogP contribution in [0, 0.1) is 10.1 Å². The molecule has 1 amide bonds. The lowest BCUT2D eigenvalue weighted by Gasteiger charge is -2.37. The van der Waals surface area contributed by atoms with Gasteiger partial charge in [-0.05, 0) is 19.1 Å². The van der Waals surface area contributed by atoms with E-state index in [4.69, 9.17) is 4.74 Å². The van der Waals surface area contributed by atoms with Gasteiger partial charge in [0.2, 0.25) is 11.6 Å². The molecular weight excluding hydrogens is 414 g/mol. The smallest absolute Gasteiger partial charge is 0.409 e. The fourth-order valence-corrected chi connectivity index (χ4v) is 4.12. The fraction of sp³-hybridized carbons (Fsp3) is 0.476. The Kier molecular flexibility index (Phi) is 6.52. The summed E-state index contributed by atoms with van der Waals surface area (Å²) in [5.74, 6) is 0.648. The van der Waals surface area contributed by atoms with Crippen LogP contribution in [-0.2, 0) is 4.74 Å². The van der Waals surface area contributed by atoms with E-state index in [0.29, 0.717) is 57.5 Å². The van der Waals surface area contributed by atoms with Gasteiger partial charge in [0, 0.05) is 58.0 Å². The number of rotatable bonds is 5. The number of anilines is 3. The lowest BCUT2D eigenvalue weighted by Crippen LogP contribution is -2.49. The maximum absolute atomic E-state index is 12.0. The zero-order chi connectivity index (χ0) is 22.5. The molecule has 0 bridgehead atoms. The molecule has 32 heavy (non-hydrogen) atoms. The maximum atomic E-state index is 12.0. The van der Waals surface area contributed by atoms with E-state index in [-0.39, 0.29) is 11.8 Å². The number of carbonyl (C=O) groups excluding carboxylic acids is 1. The van der Waals surface area contributed by atoms with Gasteiger partial charge in [-0.2, -0.15) is 0 Å². The van der Waals surface area contributed by atoms with Crippen LogP contribution < -0.4 is 14.7 Å². The molecule has 11 heteroatoms. The van der Waals surface area contributed by atoms with Gasteiger partial charge in [0.25, 0.3) is 0 Å². The van der Waals surface area contributed by atoms with Crippen molar-refractivity contribution in [2.24, 2.45) is 0 Å². The van der Waals surface area contributed by atoms with Crippen LogP contribution in [0.5, 0.6) is 0 Å². The van der Waals surface area contributed by atoms with Gasteiger partial charge < -0.3 is 24.3 Å². The minimum atomic E-state index is -0.397. The summed E-state index contributed by atoms with van der Waals surface area (Å²) in [6.45, 7) is 6.56. The first-order valence-electron chi connectivity index (χ1n) is 10.8. The second-order valence-corrected chi connectivity index (χ2v) is 7.61. The predicted octanol–water partition coefficient (Wildman–Crippen LogP) is 1.99. The molecule has 2 fully saturated rings. The Morgan fingerprint density at radius 2 is 1.47 bits per heavy atom. The van der Waals surface area contributed by atoms with Gasteiger partial charge in [-0.15, -0.1) is 0 Å². The number of amides is 1. The number of nitro groups is 1. The second kappa shape index (κ2) is 9.67. The Balaban J connectivity index is 1.49. The molecule has 11 nitrogen and oxygen atoms in total. The highest BCUT2D eigenvalue weighted by atomic mass is 16.6. The average molecular weight is 441 g/mol. The second-order valence-electron chi connectivity index (χ2n) is 7.61. The summed E-state index contributed by atoms with van der Waals surface area (Å²) in [5.41, 5.74) is 1.06. The van der Waals surface area contributed by atoms with E-state index in [1.165, 1.54) is 6.33 Å². The Morgan fingerprint density at radius 3 is 2.00 bits per heavy atom. The minimum absolute atomic E-state index is 0.0785. The first-order chi connectivity index (χ1) is 15.6. The van der Waals surface area contributed by atoms with Crippen LogP contribution in [0.1, 0.15) is 6.92 Å². The third kappa shape index (κ3) is 4.51. The van der Waals surface area contributed by atoms with E-state index >= 15 is 0 Å². The van der Waals surface area contributed by atoms with Crippen molar-refractivity contribution >= 4 is 29.1 Å². The molecule has 3 heterocycles. The predicted molar refractivity (Wildman–Crippen MR) is 120 cm³/mol. The van der Waals surface area contributed by atoms with Gasteiger partial charge in [0.15, 0.2) is 0 Å². The summed E-state index contributed by atoms with van der Waals surface area (Å²) in [6, 6.07) is 10.1. The number of hydrogen-bond acceptors (Lipinski definition) is 9. The first-order valence-corrected chi connectivity index (χ1v) is 10.8. The summed E-state index contributed by atoms with van der Waals surface area (Å²) < 4.78 is 5.05. The Hall–Kier alpha value is -3.63. The van der Waals surface area contributed by atoms with E-state index in [1.54, 1.807) is 11.8 Å². The number of ether oxygens (including phenoxy) is 1. The minimum Gasteiger partial charge on any atom is -0.450 e. The average Bonchev–Trinajstić information content (AvgIpc) is 2.84. The summed E-state index contributed by atoms with van der Waals surface area (Å²) in [6.07, 6.45) is 1.03.